The van der Waals surface area contributed by atoms with Crippen LogP contribution < -0.4 is 15.5 Å². The molecule has 1 unspecified atom stereocenters. The van der Waals surface area contributed by atoms with Crippen molar-refractivity contribution in [1.29, 1.82) is 0 Å². The van der Waals surface area contributed by atoms with Crippen LogP contribution in [-0.2, 0) is 4.79 Å². The van der Waals surface area contributed by atoms with Gasteiger partial charge in [0.15, 0.2) is 0 Å². The van der Waals surface area contributed by atoms with Crippen molar-refractivity contribution in [1.82, 2.24) is 15.5 Å². The molecule has 184 valence electrons. The van der Waals surface area contributed by atoms with Gasteiger partial charge >= 0.3 is 0 Å². The highest BCUT2D eigenvalue weighted by atomic mass is 32.2. The molecule has 7 heteroatoms. The number of nitrogens with one attached hydrogen (secondary N) is 2. The molecule has 0 aromatic heterocycles. The predicted octanol–water partition coefficient (Wildman–Crippen LogP) is 3.94. The van der Waals surface area contributed by atoms with Gasteiger partial charge in [0.2, 0.25) is 5.91 Å². The third-order valence-electron chi connectivity index (χ3n) is 5.94. The minimum atomic E-state index is -0.0795. The Hall–Kier alpha value is -2.51. The van der Waals surface area contributed by atoms with Crippen LogP contribution in [0.15, 0.2) is 53.4 Å². The molecule has 0 bridgehead atoms. The summed E-state index contributed by atoms with van der Waals surface area (Å²) >= 11 is 1.40. The van der Waals surface area contributed by atoms with Gasteiger partial charge in [-0.3, -0.25) is 14.5 Å². The fraction of sp³-hybridized carbons (Fsp3) is 0.481. The van der Waals surface area contributed by atoms with Crippen molar-refractivity contribution < 1.29 is 9.59 Å². The SMILES string of the molecule is Cc1cccc(N2CCN(CCC(C)NC(=O)c3ccccc3SCC(=O)NC(C)C)CC2)c1. The lowest BCUT2D eigenvalue weighted by molar-refractivity contribution is -0.119. The predicted molar refractivity (Wildman–Crippen MR) is 142 cm³/mol. The van der Waals surface area contributed by atoms with Crippen LogP contribution in [0.1, 0.15) is 43.1 Å². The van der Waals surface area contributed by atoms with Gasteiger partial charge < -0.3 is 15.5 Å². The molecule has 1 saturated heterocycles. The first-order chi connectivity index (χ1) is 16.3. The Bertz CT molecular complexity index is 957. The lowest BCUT2D eigenvalue weighted by Crippen LogP contribution is -2.47. The van der Waals surface area contributed by atoms with Gasteiger partial charge in [0.05, 0.1) is 11.3 Å². The summed E-state index contributed by atoms with van der Waals surface area (Å²) in [5.74, 6) is 0.197. The maximum atomic E-state index is 12.9. The number of benzene rings is 2. The lowest BCUT2D eigenvalue weighted by atomic mass is 10.1. The molecule has 0 aliphatic carbocycles. The van der Waals surface area contributed by atoms with E-state index in [-0.39, 0.29) is 23.9 Å². The van der Waals surface area contributed by atoms with Crippen molar-refractivity contribution >= 4 is 29.3 Å². The molecule has 1 heterocycles. The molecule has 0 radical (unpaired) electrons. The summed E-state index contributed by atoms with van der Waals surface area (Å²) in [5, 5.41) is 6.04. The monoisotopic (exact) mass is 482 g/mol. The number of carbonyl (C=O) groups excluding carboxylic acids is 2. The molecule has 0 spiro atoms. The summed E-state index contributed by atoms with van der Waals surface area (Å²) in [4.78, 5) is 30.7. The van der Waals surface area contributed by atoms with Crippen LogP contribution in [0.3, 0.4) is 0 Å². The summed E-state index contributed by atoms with van der Waals surface area (Å²) in [5.41, 5.74) is 3.23. The largest absolute Gasteiger partial charge is 0.369 e. The Morgan fingerprint density at radius 1 is 0.971 bits per heavy atom. The average molecular weight is 483 g/mol. The maximum absolute atomic E-state index is 12.9. The molecule has 1 atom stereocenters. The van der Waals surface area contributed by atoms with E-state index in [0.29, 0.717) is 11.3 Å². The minimum Gasteiger partial charge on any atom is -0.369 e. The Balaban J connectivity index is 1.43. The first-order valence-electron chi connectivity index (χ1n) is 12.2. The van der Waals surface area contributed by atoms with Gasteiger partial charge in [-0.15, -0.1) is 11.8 Å². The first-order valence-corrected chi connectivity index (χ1v) is 13.2. The quantitative estimate of drug-likeness (QED) is 0.502. The van der Waals surface area contributed by atoms with E-state index in [1.54, 1.807) is 0 Å². The number of amides is 2. The van der Waals surface area contributed by atoms with Gasteiger partial charge in [-0.25, -0.2) is 0 Å². The van der Waals surface area contributed by atoms with Crippen molar-refractivity contribution in [2.75, 3.05) is 43.4 Å². The van der Waals surface area contributed by atoms with Gasteiger partial charge in [-0.1, -0.05) is 24.3 Å². The Labute approximate surface area is 208 Å². The standard InChI is InChI=1S/C27H38N4O2S/c1-20(2)28-26(32)19-34-25-11-6-5-10-24(25)27(33)29-22(4)12-13-30-14-16-31(17-15-30)23-9-7-8-21(3)18-23/h5-11,18,20,22H,12-17,19H2,1-4H3,(H,28,32)(H,29,33). The molecule has 1 fully saturated rings. The highest BCUT2D eigenvalue weighted by Gasteiger charge is 2.19. The van der Waals surface area contributed by atoms with E-state index in [4.69, 9.17) is 0 Å². The number of nitrogens with zero attached hydrogens (tertiary/aromatic N) is 2. The molecular weight excluding hydrogens is 444 g/mol. The molecule has 34 heavy (non-hydrogen) atoms. The number of rotatable bonds is 10. The zero-order valence-corrected chi connectivity index (χ0v) is 21.7. The Kier molecular flexibility index (Phi) is 9.84. The van der Waals surface area contributed by atoms with Crippen LogP contribution in [0.4, 0.5) is 5.69 Å². The molecule has 3 rings (SSSR count). The minimum absolute atomic E-state index is 0.0222. The van der Waals surface area contributed by atoms with Crippen molar-refractivity contribution in [2.45, 2.75) is 51.1 Å². The molecule has 2 N–H and O–H groups in total. The Morgan fingerprint density at radius 2 is 1.71 bits per heavy atom. The molecule has 1 aliphatic rings. The molecule has 2 amide bonds. The number of aryl methyl sites for hydroxylation is 1. The summed E-state index contributed by atoms with van der Waals surface area (Å²) in [7, 11) is 0. The molecule has 2 aromatic carbocycles. The third kappa shape index (κ3) is 8.06. The van der Waals surface area contributed by atoms with Gasteiger partial charge in [0, 0.05) is 55.4 Å². The fourth-order valence-electron chi connectivity index (χ4n) is 4.09. The van der Waals surface area contributed by atoms with Crippen LogP contribution in [0.5, 0.6) is 0 Å². The number of piperazine rings is 1. The van der Waals surface area contributed by atoms with Crippen molar-refractivity contribution in [3.63, 3.8) is 0 Å². The number of hydrogen-bond donors (Lipinski definition) is 2. The second-order valence-electron chi connectivity index (χ2n) is 9.34. The van der Waals surface area contributed by atoms with Crippen LogP contribution in [-0.4, -0.2) is 67.3 Å². The van der Waals surface area contributed by atoms with E-state index in [1.807, 2.05) is 38.1 Å². The van der Waals surface area contributed by atoms with Gasteiger partial charge in [-0.2, -0.15) is 0 Å². The summed E-state index contributed by atoms with van der Waals surface area (Å²) in [6.07, 6.45) is 0.905. The average Bonchev–Trinajstić information content (AvgIpc) is 2.81. The first kappa shape index (κ1) is 26.1. The maximum Gasteiger partial charge on any atom is 0.252 e. The highest BCUT2D eigenvalue weighted by molar-refractivity contribution is 8.00. The zero-order valence-electron chi connectivity index (χ0n) is 20.8. The highest BCUT2D eigenvalue weighted by Crippen LogP contribution is 2.23. The molecule has 1 aliphatic heterocycles. The van der Waals surface area contributed by atoms with Crippen LogP contribution >= 0.6 is 11.8 Å². The number of anilines is 1. The molecule has 2 aromatic rings. The van der Waals surface area contributed by atoms with Crippen LogP contribution in [0, 0.1) is 6.92 Å². The van der Waals surface area contributed by atoms with E-state index >= 15 is 0 Å². The van der Waals surface area contributed by atoms with Gasteiger partial charge in [0.1, 0.15) is 0 Å². The van der Waals surface area contributed by atoms with Crippen LogP contribution in [0.25, 0.3) is 0 Å². The van der Waals surface area contributed by atoms with Gasteiger partial charge in [0.25, 0.3) is 5.91 Å². The van der Waals surface area contributed by atoms with Crippen molar-refractivity contribution in [3.05, 3.63) is 59.7 Å². The van der Waals surface area contributed by atoms with E-state index in [1.165, 1.54) is 23.0 Å². The molecular formula is C27H38N4O2S. The van der Waals surface area contributed by atoms with E-state index < -0.39 is 0 Å². The zero-order chi connectivity index (χ0) is 24.5. The second kappa shape index (κ2) is 12.8. The second-order valence-corrected chi connectivity index (χ2v) is 10.4. The van der Waals surface area contributed by atoms with E-state index in [0.717, 1.165) is 44.0 Å². The number of carbonyl (C=O) groups is 2. The van der Waals surface area contributed by atoms with Gasteiger partial charge in [-0.05, 0) is 63.9 Å². The van der Waals surface area contributed by atoms with E-state index in [2.05, 4.69) is 58.5 Å². The normalized spacial score (nSPS) is 15.3. The molecule has 6 nitrogen and oxygen atoms in total. The number of thioether (sulfide) groups is 1. The third-order valence-corrected chi connectivity index (χ3v) is 7.01. The molecule has 0 saturated carbocycles. The van der Waals surface area contributed by atoms with Crippen molar-refractivity contribution in [2.24, 2.45) is 0 Å². The Morgan fingerprint density at radius 3 is 2.41 bits per heavy atom. The summed E-state index contributed by atoms with van der Waals surface area (Å²) < 4.78 is 0. The summed E-state index contributed by atoms with van der Waals surface area (Å²) in [6.45, 7) is 13.2. The van der Waals surface area contributed by atoms with E-state index in [9.17, 15) is 9.59 Å². The van der Waals surface area contributed by atoms with Crippen LogP contribution in [0.2, 0.25) is 0 Å². The number of hydrogen-bond acceptors (Lipinski definition) is 5. The van der Waals surface area contributed by atoms with Crippen molar-refractivity contribution in [3.8, 4) is 0 Å². The fourth-order valence-corrected chi connectivity index (χ4v) is 4.95. The smallest absolute Gasteiger partial charge is 0.252 e. The lowest BCUT2D eigenvalue weighted by Gasteiger charge is -2.36. The topological polar surface area (TPSA) is 64.7 Å². The summed E-state index contributed by atoms with van der Waals surface area (Å²) in [6, 6.07) is 16.4.